The van der Waals surface area contributed by atoms with Gasteiger partial charge in [0, 0.05) is 6.42 Å². The van der Waals surface area contributed by atoms with Crippen molar-refractivity contribution < 1.29 is 29.1 Å². The Labute approximate surface area is 217 Å². The summed E-state index contributed by atoms with van der Waals surface area (Å²) < 4.78 is 0. The molecular weight excluding hydrogens is 480 g/mol. The Morgan fingerprint density at radius 3 is 1.97 bits per heavy atom. The van der Waals surface area contributed by atoms with Crippen molar-refractivity contribution in [3.05, 3.63) is 35.9 Å². The van der Waals surface area contributed by atoms with Crippen LogP contribution in [0.1, 0.15) is 51.5 Å². The van der Waals surface area contributed by atoms with Crippen LogP contribution in [0, 0.1) is 5.92 Å². The van der Waals surface area contributed by atoms with Crippen molar-refractivity contribution in [3.63, 3.8) is 0 Å². The number of hydrogen-bond donors (Lipinski definition) is 7. The molecule has 37 heavy (non-hydrogen) atoms. The zero-order valence-corrected chi connectivity index (χ0v) is 21.4. The van der Waals surface area contributed by atoms with E-state index < -0.39 is 60.2 Å². The molecule has 10 N–H and O–H groups in total. The van der Waals surface area contributed by atoms with Crippen LogP contribution in [0.4, 0.5) is 0 Å². The van der Waals surface area contributed by atoms with E-state index in [1.807, 2.05) is 13.8 Å². The summed E-state index contributed by atoms with van der Waals surface area (Å²) in [4.78, 5) is 61.9. The monoisotopic (exact) mass is 520 g/mol. The van der Waals surface area contributed by atoms with Gasteiger partial charge >= 0.3 is 5.97 Å². The van der Waals surface area contributed by atoms with Gasteiger partial charge in [-0.25, -0.2) is 4.79 Å². The van der Waals surface area contributed by atoms with Gasteiger partial charge in [0.15, 0.2) is 0 Å². The standard InChI is InChI=1S/C25H40N6O6/c1-15(2)12-18(29-22(33)17(27)10-6-7-11-26)23(34)30-19(14-21(28)32)24(35)31-20(25(36)37)13-16-8-4-3-5-9-16/h3-5,8-9,15,17-20H,6-7,10-14,26-27H2,1-2H3,(H2,28,32)(H,29,33)(H,30,34)(H,31,35)(H,36,37). The molecule has 0 saturated heterocycles. The van der Waals surface area contributed by atoms with Gasteiger partial charge in [-0.2, -0.15) is 0 Å². The topological polar surface area (TPSA) is 220 Å². The number of benzene rings is 1. The average Bonchev–Trinajstić information content (AvgIpc) is 2.82. The van der Waals surface area contributed by atoms with E-state index in [4.69, 9.17) is 17.2 Å². The van der Waals surface area contributed by atoms with Gasteiger partial charge in [-0.05, 0) is 37.3 Å². The van der Waals surface area contributed by atoms with E-state index in [0.29, 0.717) is 31.4 Å². The van der Waals surface area contributed by atoms with E-state index in [-0.39, 0.29) is 18.8 Å². The average molecular weight is 521 g/mol. The number of hydrogen-bond acceptors (Lipinski definition) is 7. The first-order chi connectivity index (χ1) is 17.4. The normalized spacial score (nSPS) is 14.2. The SMILES string of the molecule is CC(C)CC(NC(=O)C(N)CCCCN)C(=O)NC(CC(N)=O)C(=O)NC(Cc1ccccc1)C(=O)O. The molecule has 0 fully saturated rings. The van der Waals surface area contributed by atoms with E-state index in [1.54, 1.807) is 30.3 Å². The molecule has 0 radical (unpaired) electrons. The lowest BCUT2D eigenvalue weighted by Crippen LogP contribution is -2.58. The minimum atomic E-state index is -1.44. The summed E-state index contributed by atoms with van der Waals surface area (Å²) in [5.74, 6) is -4.29. The fraction of sp³-hybridized carbons (Fsp3) is 0.560. The molecular formula is C25H40N6O6. The van der Waals surface area contributed by atoms with Crippen LogP contribution >= 0.6 is 0 Å². The van der Waals surface area contributed by atoms with E-state index in [0.717, 1.165) is 0 Å². The Bertz CT molecular complexity index is 910. The third-order valence-corrected chi connectivity index (χ3v) is 5.58. The molecule has 0 aliphatic carbocycles. The van der Waals surface area contributed by atoms with Gasteiger partial charge in [0.05, 0.1) is 12.5 Å². The van der Waals surface area contributed by atoms with Crippen LogP contribution in [0.3, 0.4) is 0 Å². The van der Waals surface area contributed by atoms with E-state index >= 15 is 0 Å². The molecule has 0 bridgehead atoms. The van der Waals surface area contributed by atoms with Crippen molar-refractivity contribution >= 4 is 29.6 Å². The number of unbranched alkanes of at least 4 members (excludes halogenated alkanes) is 1. The number of aliphatic carboxylic acids is 1. The second kappa shape index (κ2) is 16.3. The van der Waals surface area contributed by atoms with Crippen LogP contribution in [-0.4, -0.2) is 65.4 Å². The van der Waals surface area contributed by atoms with Gasteiger partial charge in [0.2, 0.25) is 23.6 Å². The number of carbonyl (C=O) groups is 5. The largest absolute Gasteiger partial charge is 0.480 e. The predicted octanol–water partition coefficient (Wildman–Crippen LogP) is -0.854. The Morgan fingerprint density at radius 2 is 1.43 bits per heavy atom. The Kier molecular flexibility index (Phi) is 13.9. The smallest absolute Gasteiger partial charge is 0.326 e. The van der Waals surface area contributed by atoms with Gasteiger partial charge in [-0.1, -0.05) is 50.6 Å². The summed E-state index contributed by atoms with van der Waals surface area (Å²) in [7, 11) is 0. The second-order valence-electron chi connectivity index (χ2n) is 9.40. The third kappa shape index (κ3) is 12.3. The molecule has 4 atom stereocenters. The van der Waals surface area contributed by atoms with Crippen molar-refractivity contribution in [3.8, 4) is 0 Å². The maximum atomic E-state index is 13.1. The number of carbonyl (C=O) groups excluding carboxylic acids is 4. The van der Waals surface area contributed by atoms with Gasteiger partial charge in [0.25, 0.3) is 0 Å². The highest BCUT2D eigenvalue weighted by atomic mass is 16.4. The summed E-state index contributed by atoms with van der Waals surface area (Å²) in [5.41, 5.74) is 17.3. The summed E-state index contributed by atoms with van der Waals surface area (Å²) in [6, 6.07) is 4.06. The molecule has 1 rings (SSSR count). The minimum Gasteiger partial charge on any atom is -0.480 e. The van der Waals surface area contributed by atoms with Gasteiger partial charge in [-0.15, -0.1) is 0 Å². The molecule has 206 valence electrons. The van der Waals surface area contributed by atoms with Crippen LogP contribution in [-0.2, 0) is 30.4 Å². The van der Waals surface area contributed by atoms with E-state index in [1.165, 1.54) is 0 Å². The molecule has 0 aliphatic heterocycles. The number of rotatable bonds is 17. The number of nitrogens with two attached hydrogens (primary N) is 3. The lowest BCUT2D eigenvalue weighted by molar-refractivity contribution is -0.142. The van der Waals surface area contributed by atoms with E-state index in [2.05, 4.69) is 16.0 Å². The fourth-order valence-corrected chi connectivity index (χ4v) is 3.63. The highest BCUT2D eigenvalue weighted by Gasteiger charge is 2.31. The fourth-order valence-electron chi connectivity index (χ4n) is 3.63. The van der Waals surface area contributed by atoms with Crippen molar-refractivity contribution in [2.24, 2.45) is 23.1 Å². The molecule has 4 amide bonds. The molecule has 12 heteroatoms. The third-order valence-electron chi connectivity index (χ3n) is 5.58. The van der Waals surface area contributed by atoms with Gasteiger partial charge in [-0.3, -0.25) is 19.2 Å². The number of primary amides is 1. The molecule has 1 aromatic carbocycles. The lowest BCUT2D eigenvalue weighted by atomic mass is 10.0. The van der Waals surface area contributed by atoms with Crippen molar-refractivity contribution in [2.75, 3.05) is 6.54 Å². The van der Waals surface area contributed by atoms with Crippen molar-refractivity contribution in [1.82, 2.24) is 16.0 Å². The predicted molar refractivity (Wildman–Crippen MR) is 138 cm³/mol. The maximum Gasteiger partial charge on any atom is 0.326 e. The van der Waals surface area contributed by atoms with Crippen LogP contribution < -0.4 is 33.2 Å². The zero-order valence-electron chi connectivity index (χ0n) is 21.4. The van der Waals surface area contributed by atoms with Gasteiger partial charge in [0.1, 0.15) is 18.1 Å². The van der Waals surface area contributed by atoms with Crippen LogP contribution in [0.25, 0.3) is 0 Å². The van der Waals surface area contributed by atoms with Gasteiger partial charge < -0.3 is 38.3 Å². The molecule has 0 spiro atoms. The first-order valence-electron chi connectivity index (χ1n) is 12.4. The number of carboxylic acid groups (broad SMARTS) is 1. The number of nitrogens with one attached hydrogen (secondary N) is 3. The first-order valence-corrected chi connectivity index (χ1v) is 12.4. The molecule has 0 saturated carbocycles. The molecule has 0 aliphatic rings. The number of carboxylic acids is 1. The Hall–Kier alpha value is -3.51. The molecule has 1 aromatic rings. The molecule has 4 unspecified atom stereocenters. The summed E-state index contributed by atoms with van der Waals surface area (Å²) in [5, 5.41) is 17.0. The van der Waals surface area contributed by atoms with Crippen molar-refractivity contribution in [2.45, 2.75) is 76.5 Å². The molecule has 12 nitrogen and oxygen atoms in total. The van der Waals surface area contributed by atoms with Crippen LogP contribution in [0.5, 0.6) is 0 Å². The number of amides is 4. The Balaban J connectivity index is 2.96. The second-order valence-corrected chi connectivity index (χ2v) is 9.40. The van der Waals surface area contributed by atoms with Crippen LogP contribution in [0.15, 0.2) is 30.3 Å². The first kappa shape index (κ1) is 31.5. The van der Waals surface area contributed by atoms with E-state index in [9.17, 15) is 29.1 Å². The quantitative estimate of drug-likeness (QED) is 0.128. The highest BCUT2D eigenvalue weighted by Crippen LogP contribution is 2.09. The Morgan fingerprint density at radius 1 is 0.865 bits per heavy atom. The van der Waals surface area contributed by atoms with Crippen LogP contribution in [0.2, 0.25) is 0 Å². The zero-order chi connectivity index (χ0) is 28.0. The summed E-state index contributed by atoms with van der Waals surface area (Å²) >= 11 is 0. The van der Waals surface area contributed by atoms with Crippen molar-refractivity contribution in [1.29, 1.82) is 0 Å². The molecule has 0 heterocycles. The maximum absolute atomic E-state index is 13.1. The minimum absolute atomic E-state index is 0.00445. The molecule has 0 aromatic heterocycles. The summed E-state index contributed by atoms with van der Waals surface area (Å²) in [6.07, 6.45) is 1.43. The lowest BCUT2D eigenvalue weighted by Gasteiger charge is -2.25. The summed E-state index contributed by atoms with van der Waals surface area (Å²) in [6.45, 7) is 4.18. The highest BCUT2D eigenvalue weighted by molar-refractivity contribution is 5.96.